The van der Waals surface area contributed by atoms with Gasteiger partial charge in [0, 0.05) is 26.8 Å². The van der Waals surface area contributed by atoms with Gasteiger partial charge < -0.3 is 31.2 Å². The van der Waals surface area contributed by atoms with Gasteiger partial charge in [0.2, 0.25) is 0 Å². The van der Waals surface area contributed by atoms with Crippen LogP contribution < -0.4 is 44.3 Å². The Labute approximate surface area is 371 Å². The molecule has 0 saturated heterocycles. The number of carbonyl (C=O) groups excluding carboxylic acids is 2. The molecule has 0 radical (unpaired) electrons. The van der Waals surface area contributed by atoms with Crippen molar-refractivity contribution in [2.75, 3.05) is 12.4 Å². The Bertz CT molecular complexity index is 2310. The molecule has 0 unspecified atom stereocenters. The van der Waals surface area contributed by atoms with Gasteiger partial charge in [0.05, 0.1) is 23.8 Å². The second-order valence-corrected chi connectivity index (χ2v) is 12.9. The number of hydrogen-bond donors (Lipinski definition) is 3. The summed E-state index contributed by atoms with van der Waals surface area (Å²) in [4.78, 5) is 49.1. The fourth-order valence-electron chi connectivity index (χ4n) is 4.60. The number of rotatable bonds is 11. The quantitative estimate of drug-likeness (QED) is 0.0894. The van der Waals surface area contributed by atoms with E-state index < -0.39 is 29.6 Å². The molecule has 0 bridgehead atoms. The zero-order valence-electron chi connectivity index (χ0n) is 31.8. The summed E-state index contributed by atoms with van der Waals surface area (Å²) >= 11 is 17.3. The van der Waals surface area contributed by atoms with Crippen LogP contribution in [-0.2, 0) is 18.0 Å². The number of halogens is 4. The predicted octanol–water partition coefficient (Wildman–Crippen LogP) is 7.26. The van der Waals surface area contributed by atoms with Gasteiger partial charge in [-0.15, -0.1) is 0 Å². The number of ether oxygens (including phenoxy) is 3. The summed E-state index contributed by atoms with van der Waals surface area (Å²) in [5.41, 5.74) is 2.60. The van der Waals surface area contributed by atoms with E-state index in [-0.39, 0.29) is 47.1 Å². The Morgan fingerprint density at radius 2 is 1.10 bits per heavy atom. The molecule has 0 aliphatic rings. The van der Waals surface area contributed by atoms with Gasteiger partial charge in [0.1, 0.15) is 36.3 Å². The fraction of sp³-hybridized carbons (Fsp3) is 0.0714. The minimum absolute atomic E-state index is 0. The van der Waals surface area contributed by atoms with E-state index in [9.17, 15) is 23.6 Å². The van der Waals surface area contributed by atoms with Gasteiger partial charge in [0.15, 0.2) is 0 Å². The Balaban J connectivity index is 0.000000332. The number of carbonyl (C=O) groups is 4. The van der Waals surface area contributed by atoms with Crippen LogP contribution >= 0.6 is 34.8 Å². The number of aromatic carboxylic acids is 2. The molecule has 0 spiro atoms. The Morgan fingerprint density at radius 1 is 0.638 bits per heavy atom. The fourth-order valence-corrected chi connectivity index (χ4v) is 5.27. The summed E-state index contributed by atoms with van der Waals surface area (Å²) in [5.74, 6) is -2.53. The zero-order valence-corrected chi connectivity index (χ0v) is 35.1. The van der Waals surface area contributed by atoms with E-state index in [1.165, 1.54) is 49.7 Å². The summed E-state index contributed by atoms with van der Waals surface area (Å²) < 4.78 is 28.3. The number of carboxylic acid groups (broad SMARTS) is 2. The van der Waals surface area contributed by atoms with E-state index in [4.69, 9.17) is 54.5 Å². The summed E-state index contributed by atoms with van der Waals surface area (Å²) in [7, 11) is 1.29. The van der Waals surface area contributed by atoms with Crippen molar-refractivity contribution in [3.63, 3.8) is 0 Å². The van der Waals surface area contributed by atoms with Gasteiger partial charge in [-0.25, -0.2) is 23.8 Å². The first-order chi connectivity index (χ1) is 27.3. The van der Waals surface area contributed by atoms with Gasteiger partial charge in [-0.05, 0) is 77.9 Å². The maximum Gasteiger partial charge on any atom is 1.00 e. The first-order valence-electron chi connectivity index (χ1n) is 16.5. The second kappa shape index (κ2) is 23.7. The van der Waals surface area contributed by atoms with Crippen molar-refractivity contribution < 1.29 is 79.0 Å². The van der Waals surface area contributed by atoms with Crippen molar-refractivity contribution in [2.24, 2.45) is 0 Å². The van der Waals surface area contributed by atoms with Gasteiger partial charge in [-0.1, -0.05) is 95.5 Å². The van der Waals surface area contributed by atoms with Crippen LogP contribution in [0.3, 0.4) is 0 Å². The number of hydrogen-bond acceptors (Lipinski definition) is 8. The van der Waals surface area contributed by atoms with Crippen molar-refractivity contribution in [2.45, 2.75) is 13.2 Å². The van der Waals surface area contributed by atoms with Crippen LogP contribution in [0.1, 0.15) is 54.0 Å². The number of nitrogens with zero attached hydrogens (tertiary/aromatic N) is 1. The molecule has 6 aromatic rings. The zero-order chi connectivity index (χ0) is 41.3. The molecule has 294 valence electrons. The van der Waals surface area contributed by atoms with Crippen LogP contribution in [0.15, 0.2) is 134 Å². The van der Waals surface area contributed by atoms with Crippen molar-refractivity contribution in [3.05, 3.63) is 188 Å². The molecule has 0 atom stereocenters. The first kappa shape index (κ1) is 46.9. The number of anilines is 1. The molecule has 1 aromatic heterocycles. The third kappa shape index (κ3) is 15.8. The van der Waals surface area contributed by atoms with Crippen LogP contribution in [-0.4, -0.2) is 46.1 Å². The molecule has 0 saturated carbocycles. The van der Waals surface area contributed by atoms with Crippen molar-refractivity contribution in [1.29, 1.82) is 0 Å². The third-order valence-electron chi connectivity index (χ3n) is 7.28. The van der Waals surface area contributed by atoms with Crippen LogP contribution in [0, 0.1) is 5.82 Å². The summed E-state index contributed by atoms with van der Waals surface area (Å²) in [6.45, 7) is 0.735. The molecule has 58 heavy (non-hydrogen) atoms. The van der Waals surface area contributed by atoms with Crippen LogP contribution in [0.25, 0.3) is 0 Å². The normalized spacial score (nSPS) is 9.88. The molecule has 3 N–H and O–H groups in total. The predicted molar refractivity (Wildman–Crippen MR) is 214 cm³/mol. The Morgan fingerprint density at radius 3 is 1.55 bits per heavy atom. The monoisotopic (exact) mass is 856 g/mol. The molecule has 5 aromatic carbocycles. The minimum atomic E-state index is -1.19. The number of pyridine rings is 1. The van der Waals surface area contributed by atoms with Gasteiger partial charge in [0.25, 0.3) is 5.91 Å². The maximum atomic E-state index is 12.5. The molecule has 6 rings (SSSR count). The third-order valence-corrected chi connectivity index (χ3v) is 7.94. The van der Waals surface area contributed by atoms with Gasteiger partial charge in [-0.3, -0.25) is 4.79 Å². The second-order valence-electron chi connectivity index (χ2n) is 11.5. The van der Waals surface area contributed by atoms with Gasteiger partial charge >= 0.3 is 47.5 Å². The summed E-state index contributed by atoms with van der Waals surface area (Å²) in [5, 5.41) is 20.8. The molecule has 0 aliphatic heterocycles. The van der Waals surface area contributed by atoms with Crippen molar-refractivity contribution in [3.8, 4) is 11.5 Å². The average molecular weight is 858 g/mol. The summed E-state index contributed by atoms with van der Waals surface area (Å²) in [6, 6.07) is 34.7. The Hall–Kier alpha value is -5.47. The van der Waals surface area contributed by atoms with E-state index in [2.05, 4.69) is 15.0 Å². The number of benzene rings is 5. The number of methoxy groups -OCH3 is 1. The minimum Gasteiger partial charge on any atom is -1.00 e. The maximum absolute atomic E-state index is 12.5. The average Bonchev–Trinajstić information content (AvgIpc) is 3.20. The number of aromatic nitrogens is 1. The van der Waals surface area contributed by atoms with E-state index in [1.807, 2.05) is 60.7 Å². The largest absolute Gasteiger partial charge is 1.00 e. The molecule has 1 amide bonds. The molecular formula is C42H33Cl3FN2NaO9. The van der Waals surface area contributed by atoms with E-state index in [1.54, 1.807) is 18.2 Å². The molecular weight excluding hydrogens is 825 g/mol. The van der Waals surface area contributed by atoms with E-state index in [0.29, 0.717) is 51.7 Å². The summed E-state index contributed by atoms with van der Waals surface area (Å²) in [6.07, 6.45) is 1.33. The number of carboxylic acids is 2. The molecule has 11 nitrogen and oxygen atoms in total. The van der Waals surface area contributed by atoms with Crippen LogP contribution in [0.2, 0.25) is 15.1 Å². The SMILES string of the molecule is COC(=O)c1ccc(NC(=O)c2cc(Cl)cc(OCc3ccccc3)c2)nc1.O=C(O)c1cc(Cl)cc(OCc2ccccc2)c1.O=C(O)c1cc(F)cc(Cl)c1.[H-].[Na+]. The number of nitrogens with one attached hydrogen (secondary N) is 1. The number of amides is 1. The Kier molecular flexibility index (Phi) is 19.2. The first-order valence-corrected chi connectivity index (χ1v) is 17.7. The van der Waals surface area contributed by atoms with E-state index in [0.717, 1.165) is 23.3 Å². The topological polar surface area (TPSA) is 161 Å². The molecule has 0 fully saturated rings. The van der Waals surface area contributed by atoms with Crippen LogP contribution in [0.4, 0.5) is 10.2 Å². The smallest absolute Gasteiger partial charge is 1.00 e. The molecule has 16 heteroatoms. The van der Waals surface area contributed by atoms with Crippen LogP contribution in [0.5, 0.6) is 11.5 Å². The van der Waals surface area contributed by atoms with Gasteiger partial charge in [-0.2, -0.15) is 0 Å². The number of esters is 1. The standard InChI is InChI=1S/C21H17ClN2O4.C14H11ClO3.C7H4ClFO2.Na.H/c1-27-21(26)15-7-8-19(23-12-15)24-20(25)16-9-17(22)11-18(10-16)28-13-14-5-3-2-4-6-14;15-12-6-11(14(16)17)7-13(8-12)18-9-10-4-2-1-3-5-10;8-5-1-4(7(10)11)2-6(9)3-5;;/h2-12H,13H2,1H3,(H,23,24,25);1-8H,9H2,(H,16,17);1-3H,(H,10,11);;/q;;;+1;-1. The van der Waals surface area contributed by atoms with E-state index >= 15 is 0 Å². The molecule has 1 heterocycles. The molecule has 0 aliphatic carbocycles. The van der Waals surface area contributed by atoms with Crippen molar-refractivity contribution in [1.82, 2.24) is 4.98 Å². The van der Waals surface area contributed by atoms with Crippen molar-refractivity contribution >= 4 is 64.4 Å².